The first-order valence-electron chi connectivity index (χ1n) is 4.07. The number of likely N-dealkylation sites (N-methyl/N-ethyl adjacent to an activating group) is 1. The molecule has 0 saturated carbocycles. The molecule has 6 nitrogen and oxygen atoms in total. The van der Waals surface area contributed by atoms with Crippen LogP contribution in [-0.4, -0.2) is 64.7 Å². The van der Waals surface area contributed by atoms with E-state index in [0.29, 0.717) is 6.54 Å². The molecule has 0 aromatic heterocycles. The Labute approximate surface area is 75.8 Å². The summed E-state index contributed by atoms with van der Waals surface area (Å²) in [6.07, 6.45) is -3.38. The van der Waals surface area contributed by atoms with E-state index in [-0.39, 0.29) is 0 Å². The van der Waals surface area contributed by atoms with Gasteiger partial charge in [-0.2, -0.15) is 0 Å². The Morgan fingerprint density at radius 1 is 1.46 bits per heavy atom. The molecule has 5 N–H and O–H groups in total. The van der Waals surface area contributed by atoms with Crippen molar-refractivity contribution in [1.82, 2.24) is 5.32 Å². The average molecular weight is 193 g/mol. The van der Waals surface area contributed by atoms with Crippen LogP contribution in [0.15, 0.2) is 0 Å². The van der Waals surface area contributed by atoms with Crippen molar-refractivity contribution in [3.8, 4) is 0 Å². The molecule has 0 bridgehead atoms. The third kappa shape index (κ3) is 1.83. The van der Waals surface area contributed by atoms with Crippen molar-refractivity contribution in [2.24, 2.45) is 0 Å². The monoisotopic (exact) mass is 193 g/mol. The van der Waals surface area contributed by atoms with Gasteiger partial charge >= 0.3 is 0 Å². The van der Waals surface area contributed by atoms with E-state index in [9.17, 15) is 15.3 Å². The summed E-state index contributed by atoms with van der Waals surface area (Å²) in [5.74, 6) is -2.04. The zero-order valence-corrected chi connectivity index (χ0v) is 7.34. The molecule has 0 unspecified atom stereocenters. The molecule has 13 heavy (non-hydrogen) atoms. The normalized spacial score (nSPS) is 45.5. The average Bonchev–Trinajstić information content (AvgIpc) is 2.33. The molecule has 0 spiro atoms. The van der Waals surface area contributed by atoms with Gasteiger partial charge < -0.3 is 30.5 Å². The fourth-order valence-corrected chi connectivity index (χ4v) is 1.37. The molecule has 1 saturated heterocycles. The molecule has 6 heteroatoms. The standard InChI is InChI=1S/C7H15NO5/c1-8-2-4-5(10)6(11)7(12,3-9)13-4/h4-6,8-12H,2-3H2,1H3/t4-,5+,6-,7+/m1/s1. The molecule has 1 rings (SSSR count). The number of nitrogens with one attached hydrogen (secondary N) is 1. The lowest BCUT2D eigenvalue weighted by molar-refractivity contribution is -0.244. The molecule has 78 valence electrons. The van der Waals surface area contributed by atoms with Crippen LogP contribution in [-0.2, 0) is 4.74 Å². The smallest absolute Gasteiger partial charge is 0.219 e. The minimum Gasteiger partial charge on any atom is -0.391 e. The molecule has 0 aromatic rings. The number of hydrogen-bond donors (Lipinski definition) is 5. The number of aliphatic hydroxyl groups excluding tert-OH is 3. The second-order valence-corrected chi connectivity index (χ2v) is 3.15. The lowest BCUT2D eigenvalue weighted by atomic mass is 10.1. The molecule has 1 aliphatic rings. The molecule has 0 aromatic carbocycles. The van der Waals surface area contributed by atoms with Crippen LogP contribution in [0.25, 0.3) is 0 Å². The van der Waals surface area contributed by atoms with Crippen LogP contribution in [0.2, 0.25) is 0 Å². The molecule has 1 heterocycles. The first kappa shape index (κ1) is 10.8. The van der Waals surface area contributed by atoms with Gasteiger partial charge in [-0.25, -0.2) is 0 Å². The summed E-state index contributed by atoms with van der Waals surface area (Å²) in [7, 11) is 1.65. The van der Waals surface area contributed by atoms with Gasteiger partial charge in [0.15, 0.2) is 0 Å². The van der Waals surface area contributed by atoms with E-state index >= 15 is 0 Å². The van der Waals surface area contributed by atoms with E-state index in [1.165, 1.54) is 0 Å². The molecular weight excluding hydrogens is 178 g/mol. The predicted octanol–water partition coefficient (Wildman–Crippen LogP) is -2.99. The van der Waals surface area contributed by atoms with Gasteiger partial charge in [0, 0.05) is 6.54 Å². The van der Waals surface area contributed by atoms with Crippen LogP contribution in [0.1, 0.15) is 0 Å². The highest BCUT2D eigenvalue weighted by atomic mass is 16.7. The Morgan fingerprint density at radius 2 is 2.08 bits per heavy atom. The van der Waals surface area contributed by atoms with E-state index in [4.69, 9.17) is 9.84 Å². The Kier molecular flexibility index (Phi) is 3.23. The van der Waals surface area contributed by atoms with E-state index in [1.807, 2.05) is 0 Å². The first-order chi connectivity index (χ1) is 6.05. The Morgan fingerprint density at radius 3 is 2.46 bits per heavy atom. The van der Waals surface area contributed by atoms with Gasteiger partial charge in [-0.15, -0.1) is 0 Å². The SMILES string of the molecule is CNC[C@H]1O[C@@](O)(CO)[C@H](O)[C@H]1O. The summed E-state index contributed by atoms with van der Waals surface area (Å²) >= 11 is 0. The van der Waals surface area contributed by atoms with E-state index < -0.39 is 30.7 Å². The summed E-state index contributed by atoms with van der Waals surface area (Å²) in [6.45, 7) is -0.452. The van der Waals surface area contributed by atoms with Crippen LogP contribution in [0.5, 0.6) is 0 Å². The number of rotatable bonds is 3. The second-order valence-electron chi connectivity index (χ2n) is 3.15. The topological polar surface area (TPSA) is 102 Å². The van der Waals surface area contributed by atoms with Gasteiger partial charge in [0.1, 0.15) is 18.3 Å². The molecule has 4 atom stereocenters. The van der Waals surface area contributed by atoms with Gasteiger partial charge in [-0.1, -0.05) is 0 Å². The van der Waals surface area contributed by atoms with Crippen LogP contribution < -0.4 is 5.32 Å². The summed E-state index contributed by atoms with van der Waals surface area (Å²) in [5.41, 5.74) is 0. The van der Waals surface area contributed by atoms with Crippen molar-refractivity contribution in [1.29, 1.82) is 0 Å². The highest BCUT2D eigenvalue weighted by Gasteiger charge is 2.52. The molecular formula is C7H15NO5. The van der Waals surface area contributed by atoms with E-state index in [1.54, 1.807) is 7.05 Å². The summed E-state index contributed by atoms with van der Waals surface area (Å²) in [4.78, 5) is 0. The number of aliphatic hydroxyl groups is 4. The van der Waals surface area contributed by atoms with Gasteiger partial charge in [0.25, 0.3) is 0 Å². The summed E-state index contributed by atoms with van der Waals surface area (Å²) in [6, 6.07) is 0. The summed E-state index contributed by atoms with van der Waals surface area (Å²) < 4.78 is 4.91. The van der Waals surface area contributed by atoms with Crippen LogP contribution in [0.3, 0.4) is 0 Å². The van der Waals surface area contributed by atoms with Crippen molar-refractivity contribution in [2.75, 3.05) is 20.2 Å². The molecule has 1 fully saturated rings. The molecule has 0 aliphatic carbocycles. The zero-order valence-electron chi connectivity index (χ0n) is 7.34. The fraction of sp³-hybridized carbons (Fsp3) is 1.00. The lowest BCUT2D eigenvalue weighted by Gasteiger charge is -2.22. The first-order valence-corrected chi connectivity index (χ1v) is 4.07. The Balaban J connectivity index is 2.66. The van der Waals surface area contributed by atoms with Crippen LogP contribution in [0.4, 0.5) is 0 Å². The minimum absolute atomic E-state index is 0.292. The highest BCUT2D eigenvalue weighted by Crippen LogP contribution is 2.28. The van der Waals surface area contributed by atoms with Crippen LogP contribution in [0, 0.1) is 0 Å². The third-order valence-electron chi connectivity index (χ3n) is 2.15. The van der Waals surface area contributed by atoms with Crippen LogP contribution >= 0.6 is 0 Å². The maximum atomic E-state index is 9.43. The van der Waals surface area contributed by atoms with Gasteiger partial charge in [0.05, 0.1) is 6.61 Å². The minimum atomic E-state index is -2.04. The number of ether oxygens (including phenoxy) is 1. The van der Waals surface area contributed by atoms with Crippen molar-refractivity contribution < 1.29 is 25.2 Å². The van der Waals surface area contributed by atoms with Crippen molar-refractivity contribution in [3.05, 3.63) is 0 Å². The largest absolute Gasteiger partial charge is 0.391 e. The highest BCUT2D eigenvalue weighted by molar-refractivity contribution is 4.95. The molecule has 0 radical (unpaired) electrons. The third-order valence-corrected chi connectivity index (χ3v) is 2.15. The maximum Gasteiger partial charge on any atom is 0.219 e. The second kappa shape index (κ2) is 3.87. The quantitative estimate of drug-likeness (QED) is 0.327. The lowest BCUT2D eigenvalue weighted by Crippen LogP contribution is -2.46. The van der Waals surface area contributed by atoms with Gasteiger partial charge in [-0.05, 0) is 7.05 Å². The maximum absolute atomic E-state index is 9.43. The van der Waals surface area contributed by atoms with E-state index in [0.717, 1.165) is 0 Å². The summed E-state index contributed by atoms with van der Waals surface area (Å²) in [5, 5.41) is 39.6. The fourth-order valence-electron chi connectivity index (χ4n) is 1.37. The van der Waals surface area contributed by atoms with Gasteiger partial charge in [-0.3, -0.25) is 0 Å². The predicted molar refractivity (Wildman–Crippen MR) is 42.8 cm³/mol. The van der Waals surface area contributed by atoms with Gasteiger partial charge in [0.2, 0.25) is 5.79 Å². The zero-order chi connectivity index (χ0) is 10.1. The van der Waals surface area contributed by atoms with Crippen molar-refractivity contribution in [3.63, 3.8) is 0 Å². The van der Waals surface area contributed by atoms with Crippen molar-refractivity contribution >= 4 is 0 Å². The Bertz CT molecular complexity index is 178. The number of hydrogen-bond acceptors (Lipinski definition) is 6. The molecule has 1 aliphatic heterocycles. The van der Waals surface area contributed by atoms with Crippen molar-refractivity contribution in [2.45, 2.75) is 24.1 Å². The molecule has 0 amide bonds. The van der Waals surface area contributed by atoms with E-state index in [2.05, 4.69) is 5.32 Å². The Hall–Kier alpha value is -0.240.